The second-order valence-electron chi connectivity index (χ2n) is 5.32. The van der Waals surface area contributed by atoms with E-state index in [0.717, 1.165) is 5.56 Å². The largest absolute Gasteiger partial charge is 0.368 e. The van der Waals surface area contributed by atoms with Crippen LogP contribution in [0.2, 0.25) is 10.0 Å². The van der Waals surface area contributed by atoms with Crippen molar-refractivity contribution in [1.29, 1.82) is 0 Å². The molecule has 0 atom stereocenters. The number of nitrogens with zero attached hydrogens (tertiary/aromatic N) is 3. The van der Waals surface area contributed by atoms with Crippen LogP contribution in [0.1, 0.15) is 16.8 Å². The first-order valence-corrected chi connectivity index (χ1v) is 9.04. The summed E-state index contributed by atoms with van der Waals surface area (Å²) in [6, 6.07) is 2.94. The number of benzene rings is 1. The monoisotopic (exact) mass is 372 g/mol. The molecule has 1 aliphatic heterocycles. The lowest BCUT2D eigenvalue weighted by Crippen LogP contribution is -2.36. The highest BCUT2D eigenvalue weighted by Gasteiger charge is 2.31. The van der Waals surface area contributed by atoms with Crippen molar-refractivity contribution >= 4 is 39.2 Å². The van der Waals surface area contributed by atoms with Gasteiger partial charge in [0.05, 0.1) is 17.3 Å². The number of hydrogen-bond donors (Lipinski definition) is 1. The van der Waals surface area contributed by atoms with E-state index in [1.165, 1.54) is 16.4 Å². The van der Waals surface area contributed by atoms with Crippen LogP contribution in [0, 0.1) is 6.92 Å². The molecule has 0 bridgehead atoms. The summed E-state index contributed by atoms with van der Waals surface area (Å²) in [6.07, 6.45) is 2.17. The number of nitrogen functional groups attached to an aromatic ring is 1. The molecule has 2 aromatic rings. The molecule has 0 radical (unpaired) electrons. The van der Waals surface area contributed by atoms with Gasteiger partial charge in [0, 0.05) is 17.8 Å². The molecule has 1 aliphatic rings. The van der Waals surface area contributed by atoms with Crippen LogP contribution in [0.25, 0.3) is 0 Å². The Kier molecular flexibility index (Phi) is 4.22. The van der Waals surface area contributed by atoms with Crippen LogP contribution in [0.3, 0.4) is 0 Å². The maximum atomic E-state index is 12.9. The summed E-state index contributed by atoms with van der Waals surface area (Å²) in [4.78, 5) is 8.12. The molecular formula is C14H14Cl2N4O2S. The highest BCUT2D eigenvalue weighted by atomic mass is 35.5. The summed E-state index contributed by atoms with van der Waals surface area (Å²) in [7, 11) is -3.75. The van der Waals surface area contributed by atoms with Crippen molar-refractivity contribution in [3.8, 4) is 0 Å². The fourth-order valence-electron chi connectivity index (χ4n) is 2.47. The fraction of sp³-hybridized carbons (Fsp3) is 0.286. The minimum atomic E-state index is -3.75. The molecule has 23 heavy (non-hydrogen) atoms. The van der Waals surface area contributed by atoms with Gasteiger partial charge in [-0.05, 0) is 36.6 Å². The van der Waals surface area contributed by atoms with E-state index in [4.69, 9.17) is 28.9 Å². The summed E-state index contributed by atoms with van der Waals surface area (Å²) < 4.78 is 27.1. The van der Waals surface area contributed by atoms with Crippen molar-refractivity contribution in [3.05, 3.63) is 45.2 Å². The normalized spacial score (nSPS) is 15.4. The SMILES string of the molecule is Cc1cc(S(=O)(=O)N2CCc3cnc(N)nc3C2)c(Cl)cc1Cl. The number of aromatic nitrogens is 2. The summed E-state index contributed by atoms with van der Waals surface area (Å²) >= 11 is 12.1. The Labute approximate surface area is 144 Å². The van der Waals surface area contributed by atoms with E-state index >= 15 is 0 Å². The molecule has 0 unspecified atom stereocenters. The van der Waals surface area contributed by atoms with E-state index < -0.39 is 10.0 Å². The molecule has 2 N–H and O–H groups in total. The second-order valence-corrected chi connectivity index (χ2v) is 8.04. The van der Waals surface area contributed by atoms with Crippen LogP contribution in [0.15, 0.2) is 23.2 Å². The number of rotatable bonds is 2. The molecule has 0 saturated carbocycles. The maximum absolute atomic E-state index is 12.9. The lowest BCUT2D eigenvalue weighted by Gasteiger charge is -2.27. The zero-order valence-electron chi connectivity index (χ0n) is 12.3. The van der Waals surface area contributed by atoms with Crippen molar-refractivity contribution in [2.75, 3.05) is 12.3 Å². The van der Waals surface area contributed by atoms with Crippen molar-refractivity contribution in [2.24, 2.45) is 0 Å². The molecule has 6 nitrogen and oxygen atoms in total. The third-order valence-corrected chi connectivity index (χ3v) is 6.48. The third-order valence-electron chi connectivity index (χ3n) is 3.76. The molecule has 0 fully saturated rings. The van der Waals surface area contributed by atoms with Gasteiger partial charge in [-0.1, -0.05) is 23.2 Å². The predicted octanol–water partition coefficient (Wildman–Crippen LogP) is 2.42. The Balaban J connectivity index is 2.00. The van der Waals surface area contributed by atoms with Crippen LogP contribution >= 0.6 is 23.2 Å². The molecule has 1 aromatic carbocycles. The molecule has 0 saturated heterocycles. The lowest BCUT2D eigenvalue weighted by atomic mass is 10.1. The Hall–Kier alpha value is -1.41. The van der Waals surface area contributed by atoms with Crippen LogP contribution in [-0.4, -0.2) is 29.2 Å². The van der Waals surface area contributed by atoms with Crippen molar-refractivity contribution in [1.82, 2.24) is 14.3 Å². The van der Waals surface area contributed by atoms with Crippen LogP contribution in [0.5, 0.6) is 0 Å². The van der Waals surface area contributed by atoms with E-state index in [9.17, 15) is 8.42 Å². The van der Waals surface area contributed by atoms with Crippen molar-refractivity contribution in [2.45, 2.75) is 24.8 Å². The quantitative estimate of drug-likeness (QED) is 0.873. The Morgan fingerprint density at radius 3 is 2.74 bits per heavy atom. The number of aryl methyl sites for hydroxylation is 1. The van der Waals surface area contributed by atoms with Gasteiger partial charge >= 0.3 is 0 Å². The summed E-state index contributed by atoms with van der Waals surface area (Å²) in [5.41, 5.74) is 7.76. The predicted molar refractivity (Wildman–Crippen MR) is 88.9 cm³/mol. The van der Waals surface area contributed by atoms with Gasteiger partial charge in [-0.15, -0.1) is 0 Å². The standard InChI is InChI=1S/C14H14Cl2N4O2S/c1-8-4-13(11(16)5-10(8)15)23(21,22)20-3-2-9-6-18-14(17)19-12(9)7-20/h4-6H,2-3,7H2,1H3,(H2,17,18,19). The second kappa shape index (κ2) is 5.90. The fourth-order valence-corrected chi connectivity index (χ4v) is 4.68. The van der Waals surface area contributed by atoms with Gasteiger partial charge in [-0.2, -0.15) is 4.31 Å². The van der Waals surface area contributed by atoms with E-state index in [1.54, 1.807) is 13.1 Å². The van der Waals surface area contributed by atoms with Gasteiger partial charge in [0.15, 0.2) is 0 Å². The molecule has 0 amide bonds. The van der Waals surface area contributed by atoms with E-state index in [0.29, 0.717) is 29.2 Å². The highest BCUT2D eigenvalue weighted by molar-refractivity contribution is 7.89. The van der Waals surface area contributed by atoms with Gasteiger partial charge < -0.3 is 5.73 Å². The number of sulfonamides is 1. The molecule has 0 aliphatic carbocycles. The molecular weight excluding hydrogens is 359 g/mol. The molecule has 9 heteroatoms. The first-order chi connectivity index (χ1) is 10.8. The van der Waals surface area contributed by atoms with Crippen molar-refractivity contribution < 1.29 is 8.42 Å². The van der Waals surface area contributed by atoms with Crippen LogP contribution < -0.4 is 5.73 Å². The average molecular weight is 373 g/mol. The molecule has 2 heterocycles. The number of nitrogens with two attached hydrogens (primary N) is 1. The number of halogens is 2. The van der Waals surface area contributed by atoms with Crippen LogP contribution in [-0.2, 0) is 23.0 Å². The van der Waals surface area contributed by atoms with E-state index in [-0.39, 0.29) is 22.4 Å². The molecule has 0 spiro atoms. The minimum absolute atomic E-state index is 0.0477. The molecule has 3 rings (SSSR count). The minimum Gasteiger partial charge on any atom is -0.368 e. The Morgan fingerprint density at radius 2 is 2.00 bits per heavy atom. The third kappa shape index (κ3) is 3.01. The van der Waals surface area contributed by atoms with Gasteiger partial charge in [0.1, 0.15) is 4.90 Å². The van der Waals surface area contributed by atoms with Gasteiger partial charge in [-0.3, -0.25) is 0 Å². The first-order valence-electron chi connectivity index (χ1n) is 6.85. The molecule has 1 aromatic heterocycles. The van der Waals surface area contributed by atoms with Gasteiger partial charge in [-0.25, -0.2) is 18.4 Å². The van der Waals surface area contributed by atoms with E-state index in [1.807, 2.05) is 0 Å². The molecule has 122 valence electrons. The maximum Gasteiger partial charge on any atom is 0.244 e. The summed E-state index contributed by atoms with van der Waals surface area (Å²) in [5, 5.41) is 0.534. The zero-order valence-corrected chi connectivity index (χ0v) is 14.6. The Bertz CT molecular complexity index is 887. The van der Waals surface area contributed by atoms with Crippen molar-refractivity contribution in [3.63, 3.8) is 0 Å². The van der Waals surface area contributed by atoms with Gasteiger partial charge in [0.25, 0.3) is 0 Å². The number of anilines is 1. The summed E-state index contributed by atoms with van der Waals surface area (Å²) in [6.45, 7) is 2.21. The first kappa shape index (κ1) is 16.4. The highest BCUT2D eigenvalue weighted by Crippen LogP contribution is 2.32. The van der Waals surface area contributed by atoms with Crippen LogP contribution in [0.4, 0.5) is 5.95 Å². The Morgan fingerprint density at radius 1 is 1.26 bits per heavy atom. The number of fused-ring (bicyclic) bond motifs is 1. The topological polar surface area (TPSA) is 89.2 Å². The number of hydrogen-bond acceptors (Lipinski definition) is 5. The summed E-state index contributed by atoms with van der Waals surface area (Å²) in [5.74, 6) is 0.128. The smallest absolute Gasteiger partial charge is 0.244 e. The van der Waals surface area contributed by atoms with E-state index in [2.05, 4.69) is 9.97 Å². The average Bonchev–Trinajstić information content (AvgIpc) is 2.50. The lowest BCUT2D eigenvalue weighted by molar-refractivity contribution is 0.385. The zero-order chi connectivity index (χ0) is 16.8. The van der Waals surface area contributed by atoms with Gasteiger partial charge in [0.2, 0.25) is 16.0 Å².